The van der Waals surface area contributed by atoms with Crippen LogP contribution in [0.3, 0.4) is 0 Å². The molecule has 0 aliphatic carbocycles. The predicted octanol–water partition coefficient (Wildman–Crippen LogP) is 1.05. The molecule has 1 atom stereocenters. The summed E-state index contributed by atoms with van der Waals surface area (Å²) in [5.41, 5.74) is 0. The fourth-order valence-electron chi connectivity index (χ4n) is 1.01. The van der Waals surface area contributed by atoms with E-state index in [2.05, 4.69) is 5.92 Å². The predicted molar refractivity (Wildman–Crippen MR) is 52.3 cm³/mol. The molecule has 13 heavy (non-hydrogen) atoms. The molecule has 1 unspecified atom stereocenters. The zero-order valence-electron chi connectivity index (χ0n) is 8.45. The number of terminal acetylenes is 1. The van der Waals surface area contributed by atoms with Gasteiger partial charge in [-0.3, -0.25) is 9.69 Å². The maximum absolute atomic E-state index is 10.6. The second kappa shape index (κ2) is 5.60. The summed E-state index contributed by atoms with van der Waals surface area (Å²) in [5, 5.41) is 8.70. The lowest BCUT2D eigenvalue weighted by Gasteiger charge is -2.25. The van der Waals surface area contributed by atoms with Crippen LogP contribution in [-0.2, 0) is 4.79 Å². The Balaban J connectivity index is 4.11. The van der Waals surface area contributed by atoms with Crippen LogP contribution in [-0.4, -0.2) is 35.1 Å². The maximum atomic E-state index is 10.6. The van der Waals surface area contributed by atoms with Gasteiger partial charge in [-0.2, -0.15) is 0 Å². The third kappa shape index (κ3) is 4.54. The fourth-order valence-corrected chi connectivity index (χ4v) is 1.01. The molecule has 74 valence electrons. The van der Waals surface area contributed by atoms with Crippen LogP contribution in [0.25, 0.3) is 0 Å². The summed E-state index contributed by atoms with van der Waals surface area (Å²) in [6, 6.07) is 0.290. The van der Waals surface area contributed by atoms with Gasteiger partial charge in [0.15, 0.2) is 0 Å². The van der Waals surface area contributed by atoms with Crippen LogP contribution in [0.4, 0.5) is 0 Å². The Morgan fingerprint density at radius 3 is 2.38 bits per heavy atom. The molecule has 0 amide bonds. The van der Waals surface area contributed by atoms with Crippen LogP contribution >= 0.6 is 0 Å². The molecular formula is C10H17NO2. The van der Waals surface area contributed by atoms with E-state index < -0.39 is 5.97 Å². The van der Waals surface area contributed by atoms with Gasteiger partial charge in [0.1, 0.15) is 0 Å². The van der Waals surface area contributed by atoms with Gasteiger partial charge in [-0.1, -0.05) is 12.8 Å². The number of carboxylic acids is 1. The highest BCUT2D eigenvalue weighted by Crippen LogP contribution is 2.04. The zero-order valence-corrected chi connectivity index (χ0v) is 8.45. The summed E-state index contributed by atoms with van der Waals surface area (Å²) in [7, 11) is 0. The number of hydrogen-bond acceptors (Lipinski definition) is 2. The fraction of sp³-hybridized carbons (Fsp3) is 0.700. The molecular weight excluding hydrogens is 166 g/mol. The third-order valence-corrected chi connectivity index (χ3v) is 1.95. The summed E-state index contributed by atoms with van der Waals surface area (Å²) in [6.45, 7) is 6.72. The van der Waals surface area contributed by atoms with Crippen molar-refractivity contribution < 1.29 is 9.90 Å². The lowest BCUT2D eigenvalue weighted by Crippen LogP contribution is -2.37. The minimum absolute atomic E-state index is 0.290. The van der Waals surface area contributed by atoms with Crippen LogP contribution < -0.4 is 0 Å². The van der Waals surface area contributed by atoms with Crippen LogP contribution in [0, 0.1) is 18.3 Å². The Morgan fingerprint density at radius 1 is 1.54 bits per heavy atom. The van der Waals surface area contributed by atoms with Crippen molar-refractivity contribution in [1.82, 2.24) is 4.90 Å². The van der Waals surface area contributed by atoms with E-state index in [-0.39, 0.29) is 12.0 Å². The number of carbonyl (C=O) groups is 1. The van der Waals surface area contributed by atoms with Crippen molar-refractivity contribution in [1.29, 1.82) is 0 Å². The van der Waals surface area contributed by atoms with Crippen LogP contribution in [0.1, 0.15) is 20.8 Å². The van der Waals surface area contributed by atoms with E-state index in [0.717, 1.165) is 0 Å². The van der Waals surface area contributed by atoms with Crippen molar-refractivity contribution in [2.45, 2.75) is 26.8 Å². The minimum atomic E-state index is -0.775. The largest absolute Gasteiger partial charge is 0.481 e. The molecule has 0 bridgehead atoms. The van der Waals surface area contributed by atoms with E-state index in [4.69, 9.17) is 11.5 Å². The van der Waals surface area contributed by atoms with E-state index in [0.29, 0.717) is 13.1 Å². The summed E-state index contributed by atoms with van der Waals surface area (Å²) in [5.74, 6) is 1.39. The summed E-state index contributed by atoms with van der Waals surface area (Å²) in [6.07, 6.45) is 5.18. The molecule has 0 aromatic rings. The van der Waals surface area contributed by atoms with Crippen LogP contribution in [0.15, 0.2) is 0 Å². The molecule has 0 aromatic heterocycles. The first-order valence-electron chi connectivity index (χ1n) is 4.39. The Hall–Kier alpha value is -1.01. The van der Waals surface area contributed by atoms with Gasteiger partial charge < -0.3 is 5.11 Å². The molecule has 3 nitrogen and oxygen atoms in total. The van der Waals surface area contributed by atoms with Crippen molar-refractivity contribution in [3.8, 4) is 12.3 Å². The molecule has 0 aliphatic rings. The highest BCUT2D eigenvalue weighted by molar-refractivity contribution is 5.69. The molecule has 0 spiro atoms. The molecule has 0 fully saturated rings. The highest BCUT2D eigenvalue weighted by atomic mass is 16.4. The van der Waals surface area contributed by atoms with Crippen molar-refractivity contribution in [3.05, 3.63) is 0 Å². The molecule has 0 saturated heterocycles. The van der Waals surface area contributed by atoms with Gasteiger partial charge in [0.25, 0.3) is 0 Å². The van der Waals surface area contributed by atoms with E-state index in [1.165, 1.54) is 0 Å². The van der Waals surface area contributed by atoms with Gasteiger partial charge in [-0.25, -0.2) is 0 Å². The SMILES string of the molecule is C#CCN(CC(C)C(=O)O)C(C)C. The van der Waals surface area contributed by atoms with E-state index in [9.17, 15) is 4.79 Å². The summed E-state index contributed by atoms with van der Waals surface area (Å²) >= 11 is 0. The number of hydrogen-bond donors (Lipinski definition) is 1. The van der Waals surface area contributed by atoms with Crippen molar-refractivity contribution in [2.75, 3.05) is 13.1 Å². The molecule has 0 aliphatic heterocycles. The summed E-state index contributed by atoms with van der Waals surface area (Å²) < 4.78 is 0. The van der Waals surface area contributed by atoms with Gasteiger partial charge in [-0.15, -0.1) is 6.42 Å². The maximum Gasteiger partial charge on any atom is 0.307 e. The molecule has 0 aromatic carbocycles. The monoisotopic (exact) mass is 183 g/mol. The number of aliphatic carboxylic acids is 1. The van der Waals surface area contributed by atoms with Gasteiger partial charge in [-0.05, 0) is 13.8 Å². The number of rotatable bonds is 5. The van der Waals surface area contributed by atoms with E-state index in [1.807, 2.05) is 18.7 Å². The lowest BCUT2D eigenvalue weighted by atomic mass is 10.1. The van der Waals surface area contributed by atoms with Gasteiger partial charge in [0.05, 0.1) is 12.5 Å². The minimum Gasteiger partial charge on any atom is -0.481 e. The van der Waals surface area contributed by atoms with Gasteiger partial charge in [0, 0.05) is 12.6 Å². The molecule has 1 N–H and O–H groups in total. The smallest absolute Gasteiger partial charge is 0.307 e. The highest BCUT2D eigenvalue weighted by Gasteiger charge is 2.17. The van der Waals surface area contributed by atoms with Crippen molar-refractivity contribution >= 4 is 5.97 Å². The topological polar surface area (TPSA) is 40.5 Å². The number of nitrogens with zero attached hydrogens (tertiary/aromatic N) is 1. The molecule has 0 radical (unpaired) electrons. The van der Waals surface area contributed by atoms with Crippen molar-refractivity contribution in [3.63, 3.8) is 0 Å². The first-order chi connectivity index (χ1) is 5.99. The van der Waals surface area contributed by atoms with Crippen LogP contribution in [0.2, 0.25) is 0 Å². The molecule has 0 rings (SSSR count). The molecule has 0 heterocycles. The Kier molecular flexibility index (Phi) is 5.17. The first-order valence-corrected chi connectivity index (χ1v) is 4.39. The standard InChI is InChI=1S/C10H17NO2/c1-5-6-11(8(2)3)7-9(4)10(12)13/h1,8-9H,6-7H2,2-4H3,(H,12,13). The van der Waals surface area contributed by atoms with Crippen LogP contribution in [0.5, 0.6) is 0 Å². The Morgan fingerprint density at radius 2 is 2.08 bits per heavy atom. The Bertz CT molecular complexity index is 205. The average Bonchev–Trinajstić information content (AvgIpc) is 2.03. The lowest BCUT2D eigenvalue weighted by molar-refractivity contribution is -0.141. The zero-order chi connectivity index (χ0) is 10.4. The normalized spacial score (nSPS) is 12.9. The first kappa shape index (κ1) is 12.0. The average molecular weight is 183 g/mol. The quantitative estimate of drug-likeness (QED) is 0.648. The number of carboxylic acid groups (broad SMARTS) is 1. The third-order valence-electron chi connectivity index (χ3n) is 1.95. The van der Waals surface area contributed by atoms with Gasteiger partial charge >= 0.3 is 5.97 Å². The molecule has 0 saturated carbocycles. The summed E-state index contributed by atoms with van der Waals surface area (Å²) in [4.78, 5) is 12.6. The second-order valence-electron chi connectivity index (χ2n) is 3.47. The second-order valence-corrected chi connectivity index (χ2v) is 3.47. The van der Waals surface area contributed by atoms with E-state index in [1.54, 1.807) is 6.92 Å². The van der Waals surface area contributed by atoms with Gasteiger partial charge in [0.2, 0.25) is 0 Å². The van der Waals surface area contributed by atoms with E-state index >= 15 is 0 Å². The Labute approximate surface area is 79.7 Å². The van der Waals surface area contributed by atoms with Crippen molar-refractivity contribution in [2.24, 2.45) is 5.92 Å². The molecule has 3 heteroatoms.